The smallest absolute Gasteiger partial charge is 0.242 e. The number of hydrogen-bond acceptors (Lipinski definition) is 0. The first kappa shape index (κ1) is 20.5. The zero-order valence-corrected chi connectivity index (χ0v) is 15.3. The van der Waals surface area contributed by atoms with Crippen LogP contribution >= 0.6 is 0 Å². The van der Waals surface area contributed by atoms with Crippen LogP contribution in [0.3, 0.4) is 0 Å². The van der Waals surface area contributed by atoms with E-state index in [2.05, 4.69) is 75.8 Å². The van der Waals surface area contributed by atoms with Crippen molar-refractivity contribution in [3.63, 3.8) is 0 Å². The molecule has 1 heterocycles. The highest BCUT2D eigenvalue weighted by Crippen LogP contribution is 2.05. The van der Waals surface area contributed by atoms with Gasteiger partial charge in [0.1, 0.15) is 0 Å². The Labute approximate surface area is 156 Å². The monoisotopic (exact) mass is 365 g/mol. The molecule has 0 aliphatic rings. The minimum absolute atomic E-state index is 0. The molecule has 0 aliphatic carbocycles. The zero-order valence-electron chi connectivity index (χ0n) is 13.8. The van der Waals surface area contributed by atoms with Crippen LogP contribution in [0.2, 0.25) is 0 Å². The van der Waals surface area contributed by atoms with Crippen LogP contribution in [-0.4, -0.2) is 18.1 Å². The number of para-hydroxylation sites is 2. The Morgan fingerprint density at radius 1 is 0.833 bits per heavy atom. The average molecular weight is 366 g/mol. The van der Waals surface area contributed by atoms with Gasteiger partial charge in [0.2, 0.25) is 6.33 Å². The standard InChI is InChI=1S/C19H23N3.2ClH/c1-2-8-17(9-3-1)10-6-13-20-14-7-15-22-16-21-18-11-4-5-12-19(18)22;;/h1-5,8-9,11-12,16,20H,6-7,10,13-15H2;2*1H. The molecule has 2 aromatic carbocycles. The summed E-state index contributed by atoms with van der Waals surface area (Å²) in [4.78, 5) is 3.32. The first-order valence-electron chi connectivity index (χ1n) is 8.24. The first-order valence-corrected chi connectivity index (χ1v) is 8.24. The van der Waals surface area contributed by atoms with Crippen molar-refractivity contribution in [1.29, 1.82) is 0 Å². The summed E-state index contributed by atoms with van der Waals surface area (Å²) in [5.74, 6) is 0. The maximum Gasteiger partial charge on any atom is 0.242 e. The summed E-state index contributed by atoms with van der Waals surface area (Å²) >= 11 is 0. The molecule has 0 saturated heterocycles. The third kappa shape index (κ3) is 5.82. The van der Waals surface area contributed by atoms with E-state index in [1.807, 2.05) is 0 Å². The van der Waals surface area contributed by atoms with Gasteiger partial charge in [0.05, 0.1) is 19.6 Å². The number of aromatic amines is 1. The molecule has 3 nitrogen and oxygen atoms in total. The lowest BCUT2D eigenvalue weighted by molar-refractivity contribution is -0.692. The molecule has 3 rings (SSSR count). The van der Waals surface area contributed by atoms with Gasteiger partial charge in [0.25, 0.3) is 0 Å². The number of benzene rings is 2. The highest BCUT2D eigenvalue weighted by Gasteiger charge is 2.07. The highest BCUT2D eigenvalue weighted by atomic mass is 35.5. The van der Waals surface area contributed by atoms with Crippen molar-refractivity contribution in [2.75, 3.05) is 13.1 Å². The summed E-state index contributed by atoms with van der Waals surface area (Å²) in [6.45, 7) is 3.49. The lowest BCUT2D eigenvalue weighted by Gasteiger charge is -2.02. The van der Waals surface area contributed by atoms with Crippen LogP contribution in [0.1, 0.15) is 18.4 Å². The van der Waals surface area contributed by atoms with Crippen LogP contribution in [0.4, 0.5) is 0 Å². The Hall–Kier alpha value is -1.55. The molecule has 0 saturated carbocycles. The van der Waals surface area contributed by atoms with Gasteiger partial charge in [0, 0.05) is 12.8 Å². The predicted molar refractivity (Wildman–Crippen MR) is 89.5 cm³/mol. The van der Waals surface area contributed by atoms with E-state index < -0.39 is 0 Å². The van der Waals surface area contributed by atoms with Gasteiger partial charge in [-0.05, 0) is 24.1 Å². The summed E-state index contributed by atoms with van der Waals surface area (Å²) in [6.07, 6.45) is 5.73. The second kappa shape index (κ2) is 11.1. The number of nitrogens with one attached hydrogen (secondary N) is 1. The molecule has 0 bridgehead atoms. The number of H-pyrrole nitrogens is 1. The van der Waals surface area contributed by atoms with Crippen molar-refractivity contribution in [3.8, 4) is 0 Å². The van der Waals surface area contributed by atoms with E-state index in [9.17, 15) is 0 Å². The Morgan fingerprint density at radius 3 is 2.38 bits per heavy atom. The second-order valence-electron chi connectivity index (χ2n) is 5.79. The predicted octanol–water partition coefficient (Wildman–Crippen LogP) is -3.95. The number of nitrogens with two attached hydrogens (primary N) is 1. The molecule has 24 heavy (non-hydrogen) atoms. The minimum Gasteiger partial charge on any atom is -1.00 e. The van der Waals surface area contributed by atoms with Crippen molar-refractivity contribution in [2.45, 2.75) is 25.8 Å². The third-order valence-electron chi connectivity index (χ3n) is 4.11. The molecule has 0 atom stereocenters. The lowest BCUT2D eigenvalue weighted by Crippen LogP contribution is -3.00. The number of nitrogens with zero attached hydrogens (tertiary/aromatic N) is 1. The Kier molecular flexibility index (Phi) is 9.46. The van der Waals surface area contributed by atoms with E-state index in [0.717, 1.165) is 6.54 Å². The molecule has 0 radical (unpaired) electrons. The van der Waals surface area contributed by atoms with Crippen LogP contribution in [0, 0.1) is 0 Å². The number of aromatic nitrogens is 2. The van der Waals surface area contributed by atoms with E-state index in [1.54, 1.807) is 0 Å². The van der Waals surface area contributed by atoms with Gasteiger partial charge in [0.15, 0.2) is 11.0 Å². The average Bonchev–Trinajstić information content (AvgIpc) is 2.98. The number of imidazole rings is 1. The van der Waals surface area contributed by atoms with Crippen LogP contribution < -0.4 is 34.7 Å². The quantitative estimate of drug-likeness (QED) is 0.302. The number of rotatable bonds is 8. The fourth-order valence-electron chi connectivity index (χ4n) is 2.89. The van der Waals surface area contributed by atoms with E-state index in [4.69, 9.17) is 0 Å². The molecule has 3 aromatic rings. The van der Waals surface area contributed by atoms with E-state index in [-0.39, 0.29) is 24.8 Å². The van der Waals surface area contributed by atoms with Crippen LogP contribution in [0.5, 0.6) is 0 Å². The molecule has 130 valence electrons. The molecular weight excluding hydrogens is 341 g/mol. The van der Waals surface area contributed by atoms with Gasteiger partial charge >= 0.3 is 0 Å². The molecule has 5 heteroatoms. The van der Waals surface area contributed by atoms with Gasteiger partial charge in [-0.2, -0.15) is 0 Å². The molecule has 3 N–H and O–H groups in total. The molecule has 0 spiro atoms. The molecule has 1 aromatic heterocycles. The number of halogens is 2. The van der Waals surface area contributed by atoms with Gasteiger partial charge in [-0.15, -0.1) is 0 Å². The molecule has 0 aliphatic heterocycles. The first-order chi connectivity index (χ1) is 10.9. The van der Waals surface area contributed by atoms with Gasteiger partial charge in [-0.1, -0.05) is 42.5 Å². The number of fused-ring (bicyclic) bond motifs is 1. The fourth-order valence-corrected chi connectivity index (χ4v) is 2.89. The van der Waals surface area contributed by atoms with Gasteiger partial charge in [-0.25, -0.2) is 9.55 Å². The molecule has 0 unspecified atom stereocenters. The summed E-state index contributed by atoms with van der Waals surface area (Å²) in [6, 6.07) is 19.2. The number of hydrogen-bond donors (Lipinski definition) is 2. The number of quaternary nitrogens is 1. The van der Waals surface area contributed by atoms with Gasteiger partial charge in [-0.3, -0.25) is 0 Å². The molecule has 0 amide bonds. The molecular formula is C19H25Cl2N3. The second-order valence-corrected chi connectivity index (χ2v) is 5.79. The Bertz CT molecular complexity index is 698. The number of aryl methyl sites for hydroxylation is 2. The Morgan fingerprint density at radius 2 is 1.54 bits per heavy atom. The van der Waals surface area contributed by atoms with Crippen molar-refractivity contribution >= 4 is 11.0 Å². The normalized spacial score (nSPS) is 10.2. The summed E-state index contributed by atoms with van der Waals surface area (Å²) in [7, 11) is 0. The zero-order chi connectivity index (χ0) is 15.0. The Balaban J connectivity index is 0.00000144. The van der Waals surface area contributed by atoms with Crippen LogP contribution in [-0.2, 0) is 13.0 Å². The lowest BCUT2D eigenvalue weighted by atomic mass is 10.1. The van der Waals surface area contributed by atoms with Crippen molar-refractivity contribution in [3.05, 3.63) is 66.5 Å². The van der Waals surface area contributed by atoms with Gasteiger partial charge < -0.3 is 30.1 Å². The maximum absolute atomic E-state index is 3.32. The highest BCUT2D eigenvalue weighted by molar-refractivity contribution is 5.70. The van der Waals surface area contributed by atoms with Crippen molar-refractivity contribution in [2.24, 2.45) is 0 Å². The summed E-state index contributed by atoms with van der Waals surface area (Å²) in [5.41, 5.74) is 3.96. The SMILES string of the molecule is [Cl-].[Cl-].c1ccc(CCC[NH2+]CCC[n+]2c[nH]c3ccccc32)cc1. The molecule has 0 fully saturated rings. The maximum atomic E-state index is 3.32. The topological polar surface area (TPSA) is 36.3 Å². The van der Waals surface area contributed by atoms with E-state index in [1.165, 1.54) is 48.9 Å². The van der Waals surface area contributed by atoms with Crippen molar-refractivity contribution < 1.29 is 34.7 Å². The van der Waals surface area contributed by atoms with Crippen LogP contribution in [0.15, 0.2) is 60.9 Å². The van der Waals surface area contributed by atoms with Crippen LogP contribution in [0.25, 0.3) is 11.0 Å². The summed E-state index contributed by atoms with van der Waals surface area (Å²) < 4.78 is 2.31. The summed E-state index contributed by atoms with van der Waals surface area (Å²) in [5, 5.41) is 2.44. The minimum atomic E-state index is 0. The largest absolute Gasteiger partial charge is 1.00 e. The third-order valence-corrected chi connectivity index (χ3v) is 4.11. The fraction of sp³-hybridized carbons (Fsp3) is 0.316. The van der Waals surface area contributed by atoms with E-state index in [0.29, 0.717) is 0 Å². The van der Waals surface area contributed by atoms with E-state index >= 15 is 0 Å². The van der Waals surface area contributed by atoms with Crippen molar-refractivity contribution in [1.82, 2.24) is 4.98 Å².